The van der Waals surface area contributed by atoms with Gasteiger partial charge in [-0.1, -0.05) is 48.0 Å². The Morgan fingerprint density at radius 3 is 2.38 bits per heavy atom. The molecule has 0 saturated heterocycles. The number of carbonyl (C=O) groups excluding carboxylic acids is 1. The minimum absolute atomic E-state index is 0.289. The zero-order valence-corrected chi connectivity index (χ0v) is 22.7. The number of benzene rings is 3. The van der Waals surface area contributed by atoms with Gasteiger partial charge in [-0.3, -0.25) is 4.79 Å². The summed E-state index contributed by atoms with van der Waals surface area (Å²) in [7, 11) is 0. The molecule has 5 aromatic rings. The van der Waals surface area contributed by atoms with Crippen LogP contribution in [0.3, 0.4) is 0 Å². The normalized spacial score (nSPS) is 11.2. The quantitative estimate of drug-likeness (QED) is 0.236. The van der Waals surface area contributed by atoms with Crippen molar-refractivity contribution in [2.24, 2.45) is 0 Å². The highest BCUT2D eigenvalue weighted by molar-refractivity contribution is 6.31. The van der Waals surface area contributed by atoms with Gasteiger partial charge >= 0.3 is 0 Å². The third-order valence-corrected chi connectivity index (χ3v) is 6.78. The molecule has 0 saturated carbocycles. The molecule has 0 aliphatic rings. The van der Waals surface area contributed by atoms with Crippen LogP contribution >= 0.6 is 11.6 Å². The monoisotopic (exact) mass is 543 g/mol. The lowest BCUT2D eigenvalue weighted by atomic mass is 10.1. The summed E-state index contributed by atoms with van der Waals surface area (Å²) in [6, 6.07) is 20.9. The summed E-state index contributed by atoms with van der Waals surface area (Å²) >= 11 is 6.44. The summed E-state index contributed by atoms with van der Waals surface area (Å²) in [6.07, 6.45) is 0.602. The highest BCUT2D eigenvalue weighted by Gasteiger charge is 2.24. The van der Waals surface area contributed by atoms with Crippen LogP contribution in [-0.2, 0) is 13.0 Å². The summed E-state index contributed by atoms with van der Waals surface area (Å²) in [6.45, 7) is 5.71. The molecule has 0 fully saturated rings. The first kappa shape index (κ1) is 26.3. The number of nitrogens with zero attached hydrogens (tertiary/aromatic N) is 3. The summed E-state index contributed by atoms with van der Waals surface area (Å²) in [5.74, 6) is 1.38. The molecular weight excluding hydrogens is 514 g/mol. The number of hydrogen-bond acceptors (Lipinski definition) is 6. The lowest BCUT2D eigenvalue weighted by Gasteiger charge is -2.13. The van der Waals surface area contributed by atoms with Crippen molar-refractivity contribution in [1.82, 2.24) is 19.9 Å². The fourth-order valence-corrected chi connectivity index (χ4v) is 4.75. The van der Waals surface area contributed by atoms with Gasteiger partial charge in [0.2, 0.25) is 0 Å². The first-order valence-corrected chi connectivity index (χ1v) is 13.3. The van der Waals surface area contributed by atoms with E-state index in [1.165, 1.54) is 0 Å². The molecule has 0 unspecified atom stereocenters. The molecule has 2 aromatic heterocycles. The minimum atomic E-state index is -0.309. The van der Waals surface area contributed by atoms with Gasteiger partial charge in [0.25, 0.3) is 5.91 Å². The Labute approximate surface area is 231 Å². The molecule has 39 heavy (non-hydrogen) atoms. The summed E-state index contributed by atoms with van der Waals surface area (Å²) in [4.78, 5) is 23.1. The Morgan fingerprint density at radius 1 is 0.949 bits per heavy atom. The first-order valence-electron chi connectivity index (χ1n) is 12.9. The minimum Gasteiger partial charge on any atom is -0.490 e. The third-order valence-electron chi connectivity index (χ3n) is 6.41. The number of ether oxygens (including phenoxy) is 2. The van der Waals surface area contributed by atoms with Crippen molar-refractivity contribution >= 4 is 45.5 Å². The summed E-state index contributed by atoms with van der Waals surface area (Å²) in [5.41, 5.74) is 11.2. The number of halogens is 1. The SMILES string of the molecule is CCOc1ccc(CCNC(=O)c2c(N)n(Cc3ccccc3Cl)c3nc4ccccc4nc23)cc1OCC. The van der Waals surface area contributed by atoms with E-state index in [1.54, 1.807) is 4.57 Å². The van der Waals surface area contributed by atoms with Crippen molar-refractivity contribution in [3.05, 3.63) is 88.4 Å². The maximum atomic E-state index is 13.5. The van der Waals surface area contributed by atoms with Gasteiger partial charge in [0, 0.05) is 11.6 Å². The Kier molecular flexibility index (Phi) is 7.84. The van der Waals surface area contributed by atoms with Crippen molar-refractivity contribution in [2.75, 3.05) is 25.5 Å². The molecule has 2 heterocycles. The van der Waals surface area contributed by atoms with Crippen LogP contribution in [0.1, 0.15) is 35.3 Å². The van der Waals surface area contributed by atoms with Crippen molar-refractivity contribution in [2.45, 2.75) is 26.8 Å². The molecule has 5 rings (SSSR count). The van der Waals surface area contributed by atoms with E-state index < -0.39 is 0 Å². The van der Waals surface area contributed by atoms with Crippen LogP contribution in [0.2, 0.25) is 5.02 Å². The van der Waals surface area contributed by atoms with E-state index in [1.807, 2.05) is 80.6 Å². The molecular formula is C30H30ClN5O3. The number of para-hydroxylation sites is 2. The lowest BCUT2D eigenvalue weighted by Crippen LogP contribution is -2.26. The van der Waals surface area contributed by atoms with Gasteiger partial charge in [-0.2, -0.15) is 0 Å². The van der Waals surface area contributed by atoms with Gasteiger partial charge in [0.15, 0.2) is 17.1 Å². The van der Waals surface area contributed by atoms with E-state index in [2.05, 4.69) is 5.32 Å². The van der Waals surface area contributed by atoms with E-state index >= 15 is 0 Å². The number of amides is 1. The Bertz CT molecular complexity index is 1650. The molecule has 0 spiro atoms. The summed E-state index contributed by atoms with van der Waals surface area (Å²) < 4.78 is 13.2. The molecule has 1 amide bonds. The number of aromatic nitrogens is 3. The fourth-order valence-electron chi connectivity index (χ4n) is 4.56. The molecule has 8 nitrogen and oxygen atoms in total. The van der Waals surface area contributed by atoms with Crippen LogP contribution in [-0.4, -0.2) is 40.2 Å². The van der Waals surface area contributed by atoms with E-state index in [0.29, 0.717) is 71.5 Å². The molecule has 0 bridgehead atoms. The van der Waals surface area contributed by atoms with E-state index in [9.17, 15) is 4.79 Å². The Balaban J connectivity index is 1.44. The average Bonchev–Trinajstić information content (AvgIpc) is 3.20. The number of fused-ring (bicyclic) bond motifs is 2. The Hall–Kier alpha value is -4.30. The Morgan fingerprint density at radius 2 is 1.64 bits per heavy atom. The number of nitrogens with one attached hydrogen (secondary N) is 1. The predicted octanol–water partition coefficient (Wildman–Crippen LogP) is 5.64. The van der Waals surface area contributed by atoms with Crippen molar-refractivity contribution in [3.63, 3.8) is 0 Å². The second kappa shape index (κ2) is 11.6. The van der Waals surface area contributed by atoms with Gasteiger partial charge < -0.3 is 25.1 Å². The van der Waals surface area contributed by atoms with Crippen LogP contribution in [0.4, 0.5) is 5.82 Å². The number of anilines is 1. The zero-order chi connectivity index (χ0) is 27.4. The molecule has 3 aromatic carbocycles. The topological polar surface area (TPSA) is 104 Å². The van der Waals surface area contributed by atoms with E-state index in [0.717, 1.165) is 16.6 Å². The number of rotatable bonds is 10. The average molecular weight is 544 g/mol. The third kappa shape index (κ3) is 5.47. The highest BCUT2D eigenvalue weighted by Crippen LogP contribution is 2.31. The lowest BCUT2D eigenvalue weighted by molar-refractivity contribution is 0.0956. The standard InChI is InChI=1S/C30H30ClN5O3/c1-3-38-24-14-13-19(17-25(24)39-4-2)15-16-33-30(37)26-27-29(35-23-12-8-7-11-22(23)34-27)36(28(26)32)18-20-9-5-6-10-21(20)31/h5-14,17H,3-4,15-16,18,32H2,1-2H3,(H,33,37). The molecule has 9 heteroatoms. The second-order valence-electron chi connectivity index (χ2n) is 8.98. The number of hydrogen-bond donors (Lipinski definition) is 2. The number of nitrogen functional groups attached to an aromatic ring is 1. The van der Waals surface area contributed by atoms with Gasteiger partial charge in [-0.15, -0.1) is 0 Å². The first-order chi connectivity index (χ1) is 19.0. The maximum absolute atomic E-state index is 13.5. The van der Waals surface area contributed by atoms with Gasteiger partial charge in [-0.25, -0.2) is 9.97 Å². The van der Waals surface area contributed by atoms with E-state index in [-0.39, 0.29) is 11.7 Å². The molecule has 0 aliphatic carbocycles. The largest absolute Gasteiger partial charge is 0.490 e. The summed E-state index contributed by atoms with van der Waals surface area (Å²) in [5, 5.41) is 3.62. The predicted molar refractivity (Wildman–Crippen MR) is 155 cm³/mol. The van der Waals surface area contributed by atoms with Crippen molar-refractivity contribution < 1.29 is 14.3 Å². The molecule has 0 atom stereocenters. The highest BCUT2D eigenvalue weighted by atomic mass is 35.5. The molecule has 0 aliphatic heterocycles. The molecule has 200 valence electrons. The maximum Gasteiger partial charge on any atom is 0.257 e. The number of carbonyl (C=O) groups is 1. The zero-order valence-electron chi connectivity index (χ0n) is 21.9. The number of nitrogens with two attached hydrogens (primary N) is 1. The van der Waals surface area contributed by atoms with Crippen LogP contribution in [0, 0.1) is 0 Å². The van der Waals surface area contributed by atoms with E-state index in [4.69, 9.17) is 36.8 Å². The van der Waals surface area contributed by atoms with Crippen LogP contribution < -0.4 is 20.5 Å². The van der Waals surface area contributed by atoms with Crippen LogP contribution in [0.25, 0.3) is 22.2 Å². The van der Waals surface area contributed by atoms with Crippen LogP contribution in [0.5, 0.6) is 11.5 Å². The van der Waals surface area contributed by atoms with Gasteiger partial charge in [0.05, 0.1) is 30.8 Å². The van der Waals surface area contributed by atoms with Crippen molar-refractivity contribution in [1.29, 1.82) is 0 Å². The van der Waals surface area contributed by atoms with Gasteiger partial charge in [0.1, 0.15) is 16.9 Å². The second-order valence-corrected chi connectivity index (χ2v) is 9.38. The smallest absolute Gasteiger partial charge is 0.257 e. The van der Waals surface area contributed by atoms with Crippen molar-refractivity contribution in [3.8, 4) is 11.5 Å². The van der Waals surface area contributed by atoms with Gasteiger partial charge in [-0.05, 0) is 61.7 Å². The van der Waals surface area contributed by atoms with Crippen LogP contribution in [0.15, 0.2) is 66.7 Å². The molecule has 0 radical (unpaired) electrons. The fraction of sp³-hybridized carbons (Fsp3) is 0.233. The molecule has 3 N–H and O–H groups in total.